The topological polar surface area (TPSA) is 70.1 Å². The van der Waals surface area contributed by atoms with Crippen LogP contribution in [-0.4, -0.2) is 15.6 Å². The number of alkyl halides is 3. The molecule has 1 heterocycles. The summed E-state index contributed by atoms with van der Waals surface area (Å²) in [5, 5.41) is 0. The largest absolute Gasteiger partial charge is 0.432 e. The molecule has 5 aromatic rings. The molecule has 1 unspecified atom stereocenters. The number of carbonyl (C=O) groups excluding carboxylic acids is 1. The lowest BCUT2D eigenvalue weighted by Gasteiger charge is -2.37. The van der Waals surface area contributed by atoms with Crippen molar-refractivity contribution in [3.05, 3.63) is 161 Å². The van der Waals surface area contributed by atoms with Crippen molar-refractivity contribution < 1.29 is 22.7 Å². The first kappa shape index (κ1) is 29.6. The number of unbranched alkanes of at least 4 members (excludes halogenated alkanes) is 1. The van der Waals surface area contributed by atoms with Crippen LogP contribution in [0.15, 0.2) is 128 Å². The van der Waals surface area contributed by atoms with Crippen molar-refractivity contribution in [2.75, 3.05) is 0 Å². The lowest BCUT2D eigenvalue weighted by atomic mass is 9.76. The van der Waals surface area contributed by atoms with Gasteiger partial charge in [0, 0.05) is 11.8 Å². The smallest absolute Gasteiger partial charge is 0.416 e. The molecular weight excluding hydrogens is 551 g/mol. The van der Waals surface area contributed by atoms with Gasteiger partial charge in [-0.2, -0.15) is 13.2 Å². The third-order valence-corrected chi connectivity index (χ3v) is 7.77. The van der Waals surface area contributed by atoms with Gasteiger partial charge in [-0.05, 0) is 41.7 Å². The standard InChI is InChI=1S/C35H32F3N3O2/c1-2-3-22-33(43-32(39)42,29-20-13-21-30(23-29)35(36,37)38)31-24-41(25-40-31)34(26-14-7-4-8-15-26,27-16-9-5-10-17-27)28-18-11-6-12-19-28/h4-21,23-25H,2-3,22H2,1H3,(H2,39,42). The second-order valence-corrected chi connectivity index (χ2v) is 10.4. The molecule has 43 heavy (non-hydrogen) atoms. The second kappa shape index (κ2) is 12.2. The summed E-state index contributed by atoms with van der Waals surface area (Å²) in [4.78, 5) is 17.2. The van der Waals surface area contributed by atoms with Gasteiger partial charge in [0.1, 0.15) is 11.2 Å². The Morgan fingerprint density at radius 3 is 1.72 bits per heavy atom. The molecule has 1 amide bonds. The van der Waals surface area contributed by atoms with Gasteiger partial charge >= 0.3 is 12.3 Å². The predicted octanol–water partition coefficient (Wildman–Crippen LogP) is 8.27. The minimum Gasteiger partial charge on any atom is -0.432 e. The van der Waals surface area contributed by atoms with Gasteiger partial charge in [0.2, 0.25) is 0 Å². The second-order valence-electron chi connectivity index (χ2n) is 10.4. The highest BCUT2D eigenvalue weighted by atomic mass is 19.4. The zero-order valence-corrected chi connectivity index (χ0v) is 23.7. The van der Waals surface area contributed by atoms with Gasteiger partial charge in [-0.25, -0.2) is 9.78 Å². The van der Waals surface area contributed by atoms with E-state index in [1.807, 2.05) is 102 Å². The molecule has 0 aliphatic heterocycles. The Balaban J connectivity index is 1.82. The molecule has 1 atom stereocenters. The Labute approximate surface area is 248 Å². The van der Waals surface area contributed by atoms with Gasteiger partial charge in [0.05, 0.1) is 11.9 Å². The summed E-state index contributed by atoms with van der Waals surface area (Å²) in [5.41, 5.74) is 5.37. The number of imidazole rings is 1. The van der Waals surface area contributed by atoms with E-state index in [0.29, 0.717) is 12.8 Å². The van der Waals surface area contributed by atoms with Crippen molar-refractivity contribution >= 4 is 6.09 Å². The van der Waals surface area contributed by atoms with Crippen LogP contribution >= 0.6 is 0 Å². The van der Waals surface area contributed by atoms with E-state index >= 15 is 0 Å². The van der Waals surface area contributed by atoms with Crippen molar-refractivity contribution in [3.63, 3.8) is 0 Å². The number of hydrogen-bond acceptors (Lipinski definition) is 3. The van der Waals surface area contributed by atoms with Crippen LogP contribution in [0.3, 0.4) is 0 Å². The van der Waals surface area contributed by atoms with E-state index < -0.39 is 29.0 Å². The average Bonchev–Trinajstić information content (AvgIpc) is 3.52. The molecule has 0 aliphatic rings. The number of amides is 1. The molecule has 8 heteroatoms. The predicted molar refractivity (Wildman–Crippen MR) is 159 cm³/mol. The average molecular weight is 584 g/mol. The number of hydrogen-bond donors (Lipinski definition) is 1. The SMILES string of the molecule is CCCCC(OC(N)=O)(c1cccc(C(F)(F)F)c1)c1cn(C(c2ccccc2)(c2ccccc2)c2ccccc2)cn1. The molecule has 0 fully saturated rings. The van der Waals surface area contributed by atoms with Gasteiger partial charge in [-0.3, -0.25) is 0 Å². The van der Waals surface area contributed by atoms with E-state index in [4.69, 9.17) is 15.5 Å². The zero-order valence-electron chi connectivity index (χ0n) is 23.7. The van der Waals surface area contributed by atoms with Crippen LogP contribution in [0.4, 0.5) is 18.0 Å². The van der Waals surface area contributed by atoms with Crippen LogP contribution in [0.5, 0.6) is 0 Å². The lowest BCUT2D eigenvalue weighted by molar-refractivity contribution is -0.137. The van der Waals surface area contributed by atoms with E-state index in [-0.39, 0.29) is 17.7 Å². The first-order chi connectivity index (χ1) is 20.7. The summed E-state index contributed by atoms with van der Waals surface area (Å²) < 4.78 is 49.3. The number of primary amides is 1. The fraction of sp³-hybridized carbons (Fsp3) is 0.200. The number of rotatable bonds is 10. The molecule has 0 radical (unpaired) electrons. The van der Waals surface area contributed by atoms with E-state index in [2.05, 4.69) is 0 Å². The summed E-state index contributed by atoms with van der Waals surface area (Å²) in [6.07, 6.45) is -0.888. The maximum Gasteiger partial charge on any atom is 0.416 e. The number of halogens is 3. The highest BCUT2D eigenvalue weighted by Gasteiger charge is 2.44. The van der Waals surface area contributed by atoms with Crippen molar-refractivity contribution in [3.8, 4) is 0 Å². The minimum absolute atomic E-state index is 0.143. The lowest BCUT2D eigenvalue weighted by Crippen LogP contribution is -2.38. The summed E-state index contributed by atoms with van der Waals surface area (Å²) >= 11 is 0. The Bertz CT molecular complexity index is 1560. The molecule has 4 aromatic carbocycles. The van der Waals surface area contributed by atoms with Crippen LogP contribution in [-0.2, 0) is 22.1 Å². The molecule has 5 rings (SSSR count). The molecule has 1 aromatic heterocycles. The number of aromatic nitrogens is 2. The van der Waals surface area contributed by atoms with Crippen LogP contribution < -0.4 is 5.73 Å². The van der Waals surface area contributed by atoms with Crippen LogP contribution in [0.25, 0.3) is 0 Å². The highest BCUT2D eigenvalue weighted by Crippen LogP contribution is 2.44. The van der Waals surface area contributed by atoms with E-state index in [0.717, 1.165) is 28.8 Å². The van der Waals surface area contributed by atoms with Crippen LogP contribution in [0, 0.1) is 0 Å². The van der Waals surface area contributed by atoms with Crippen molar-refractivity contribution in [1.82, 2.24) is 9.55 Å². The summed E-state index contributed by atoms with van der Waals surface area (Å²) in [5.74, 6) is 0. The Morgan fingerprint density at radius 1 is 0.767 bits per heavy atom. The Morgan fingerprint density at radius 2 is 1.26 bits per heavy atom. The van der Waals surface area contributed by atoms with E-state index in [9.17, 15) is 18.0 Å². The summed E-state index contributed by atoms with van der Waals surface area (Å²) in [6.45, 7) is 1.95. The Hall–Kier alpha value is -4.85. The quantitative estimate of drug-likeness (QED) is 0.168. The third kappa shape index (κ3) is 5.65. The van der Waals surface area contributed by atoms with Crippen molar-refractivity contribution in [2.24, 2.45) is 5.73 Å². The van der Waals surface area contributed by atoms with Crippen molar-refractivity contribution in [1.29, 1.82) is 0 Å². The van der Waals surface area contributed by atoms with Crippen molar-refractivity contribution in [2.45, 2.75) is 43.5 Å². The fourth-order valence-electron chi connectivity index (χ4n) is 5.83. The first-order valence-electron chi connectivity index (χ1n) is 14.1. The molecule has 0 bridgehead atoms. The molecule has 0 saturated carbocycles. The first-order valence-corrected chi connectivity index (χ1v) is 14.1. The third-order valence-electron chi connectivity index (χ3n) is 7.77. The van der Waals surface area contributed by atoms with Gasteiger partial charge < -0.3 is 15.0 Å². The molecular formula is C35H32F3N3O2. The number of nitrogens with two attached hydrogens (primary N) is 1. The van der Waals surface area contributed by atoms with Gasteiger partial charge in [0.15, 0.2) is 5.60 Å². The molecule has 220 valence electrons. The Kier molecular flexibility index (Phi) is 8.39. The van der Waals surface area contributed by atoms with Crippen LogP contribution in [0.1, 0.15) is 59.7 Å². The molecule has 0 saturated heterocycles. The van der Waals surface area contributed by atoms with Crippen LogP contribution in [0.2, 0.25) is 0 Å². The number of carbonyl (C=O) groups is 1. The monoisotopic (exact) mass is 583 g/mol. The summed E-state index contributed by atoms with van der Waals surface area (Å²) in [6, 6.07) is 34.5. The number of ether oxygens (including phenoxy) is 1. The van der Waals surface area contributed by atoms with Gasteiger partial charge in [-0.15, -0.1) is 0 Å². The number of benzene rings is 4. The summed E-state index contributed by atoms with van der Waals surface area (Å²) in [7, 11) is 0. The molecule has 0 spiro atoms. The minimum atomic E-state index is -4.60. The number of nitrogens with zero attached hydrogens (tertiary/aromatic N) is 2. The molecule has 5 nitrogen and oxygen atoms in total. The van der Waals surface area contributed by atoms with Gasteiger partial charge in [-0.1, -0.05) is 116 Å². The maximum atomic E-state index is 13.8. The van der Waals surface area contributed by atoms with E-state index in [1.165, 1.54) is 12.1 Å². The zero-order chi connectivity index (χ0) is 30.5. The molecule has 2 N–H and O–H groups in total. The van der Waals surface area contributed by atoms with Gasteiger partial charge in [0.25, 0.3) is 0 Å². The molecule has 0 aliphatic carbocycles. The maximum absolute atomic E-state index is 13.8. The fourth-order valence-corrected chi connectivity index (χ4v) is 5.83. The highest BCUT2D eigenvalue weighted by molar-refractivity contribution is 5.66. The normalized spacial score (nSPS) is 13.3. The van der Waals surface area contributed by atoms with E-state index in [1.54, 1.807) is 12.5 Å².